The standard InChI is InChI=1S/C25H42O3S/c1-5-23(4)21-28-18-17-26-15-7-6-8-16-27-19-20-29-25-13-11-24(12-14-25)10-9-22(2)3/h5,11-14,22H,6-10,15-21H2,1-4H3/b23-5+. The molecule has 1 aromatic carbocycles. The molecular formula is C25H42O3S. The lowest BCUT2D eigenvalue weighted by Crippen LogP contribution is -2.07. The van der Waals surface area contributed by atoms with Gasteiger partial charge in [-0.1, -0.05) is 37.6 Å². The molecule has 0 spiro atoms. The van der Waals surface area contributed by atoms with Crippen LogP contribution in [0.3, 0.4) is 0 Å². The van der Waals surface area contributed by atoms with E-state index in [2.05, 4.69) is 51.1 Å². The average molecular weight is 423 g/mol. The number of thioether (sulfide) groups is 1. The molecule has 166 valence electrons. The van der Waals surface area contributed by atoms with Crippen LogP contribution in [0.5, 0.6) is 0 Å². The Morgan fingerprint density at radius 1 is 0.897 bits per heavy atom. The van der Waals surface area contributed by atoms with E-state index in [0.717, 1.165) is 50.8 Å². The van der Waals surface area contributed by atoms with Crippen molar-refractivity contribution in [1.29, 1.82) is 0 Å². The first-order valence-corrected chi connectivity index (χ1v) is 12.2. The molecule has 0 bridgehead atoms. The summed E-state index contributed by atoms with van der Waals surface area (Å²) in [5.74, 6) is 1.78. The monoisotopic (exact) mass is 422 g/mol. The maximum atomic E-state index is 5.75. The molecule has 0 radical (unpaired) electrons. The van der Waals surface area contributed by atoms with E-state index in [1.807, 2.05) is 18.7 Å². The first kappa shape index (κ1) is 26.2. The van der Waals surface area contributed by atoms with E-state index in [1.54, 1.807) is 0 Å². The summed E-state index contributed by atoms with van der Waals surface area (Å²) in [4.78, 5) is 1.34. The van der Waals surface area contributed by atoms with Gasteiger partial charge < -0.3 is 14.2 Å². The molecule has 3 nitrogen and oxygen atoms in total. The second kappa shape index (κ2) is 18.0. The van der Waals surface area contributed by atoms with Crippen LogP contribution in [0.2, 0.25) is 0 Å². The lowest BCUT2D eigenvalue weighted by molar-refractivity contribution is 0.0536. The van der Waals surface area contributed by atoms with Gasteiger partial charge in [0.2, 0.25) is 0 Å². The maximum Gasteiger partial charge on any atom is 0.0704 e. The summed E-state index contributed by atoms with van der Waals surface area (Å²) in [7, 11) is 0. The number of aryl methyl sites for hydroxylation is 1. The molecular weight excluding hydrogens is 380 g/mol. The molecule has 0 aliphatic heterocycles. The van der Waals surface area contributed by atoms with Gasteiger partial charge in [0.15, 0.2) is 0 Å². The van der Waals surface area contributed by atoms with Gasteiger partial charge in [-0.3, -0.25) is 0 Å². The van der Waals surface area contributed by atoms with Crippen molar-refractivity contribution in [3.8, 4) is 0 Å². The second-order valence-corrected chi connectivity index (χ2v) is 9.07. The van der Waals surface area contributed by atoms with E-state index in [1.165, 1.54) is 28.9 Å². The second-order valence-electron chi connectivity index (χ2n) is 7.90. The van der Waals surface area contributed by atoms with Crippen LogP contribution in [-0.4, -0.2) is 45.4 Å². The maximum absolute atomic E-state index is 5.75. The normalized spacial score (nSPS) is 12.1. The van der Waals surface area contributed by atoms with Crippen LogP contribution in [0.15, 0.2) is 40.8 Å². The zero-order valence-corrected chi connectivity index (χ0v) is 19.9. The molecule has 1 rings (SSSR count). The van der Waals surface area contributed by atoms with Gasteiger partial charge in [-0.05, 0) is 69.6 Å². The molecule has 29 heavy (non-hydrogen) atoms. The quantitative estimate of drug-likeness (QED) is 0.152. The van der Waals surface area contributed by atoms with Gasteiger partial charge >= 0.3 is 0 Å². The molecule has 0 N–H and O–H groups in total. The van der Waals surface area contributed by atoms with Crippen molar-refractivity contribution >= 4 is 11.8 Å². The summed E-state index contributed by atoms with van der Waals surface area (Å²) >= 11 is 1.88. The van der Waals surface area contributed by atoms with Gasteiger partial charge in [0.1, 0.15) is 0 Å². The van der Waals surface area contributed by atoms with Crippen molar-refractivity contribution in [3.05, 3.63) is 41.5 Å². The number of hydrogen-bond acceptors (Lipinski definition) is 4. The predicted molar refractivity (Wildman–Crippen MR) is 126 cm³/mol. The van der Waals surface area contributed by atoms with Crippen molar-refractivity contribution in [2.75, 3.05) is 45.4 Å². The lowest BCUT2D eigenvalue weighted by Gasteiger charge is -2.07. The van der Waals surface area contributed by atoms with Gasteiger partial charge in [0, 0.05) is 23.9 Å². The molecule has 1 aromatic rings. The number of ether oxygens (including phenoxy) is 3. The van der Waals surface area contributed by atoms with Crippen molar-refractivity contribution < 1.29 is 14.2 Å². The van der Waals surface area contributed by atoms with Crippen LogP contribution in [0.4, 0.5) is 0 Å². The molecule has 0 heterocycles. The number of allylic oxidation sites excluding steroid dienone is 1. The molecule has 0 atom stereocenters. The average Bonchev–Trinajstić information content (AvgIpc) is 2.73. The van der Waals surface area contributed by atoms with E-state index >= 15 is 0 Å². The van der Waals surface area contributed by atoms with E-state index in [-0.39, 0.29) is 0 Å². The molecule has 0 saturated carbocycles. The number of unbranched alkanes of at least 4 members (excludes halogenated alkanes) is 2. The van der Waals surface area contributed by atoms with Gasteiger partial charge in [-0.15, -0.1) is 11.8 Å². The van der Waals surface area contributed by atoms with E-state index in [9.17, 15) is 0 Å². The molecule has 4 heteroatoms. The lowest BCUT2D eigenvalue weighted by atomic mass is 10.0. The van der Waals surface area contributed by atoms with Crippen LogP contribution < -0.4 is 0 Å². The van der Waals surface area contributed by atoms with Gasteiger partial charge in [0.25, 0.3) is 0 Å². The Kier molecular flexibility index (Phi) is 16.3. The summed E-state index contributed by atoms with van der Waals surface area (Å²) in [6.07, 6.45) is 7.88. The zero-order valence-electron chi connectivity index (χ0n) is 19.1. The highest BCUT2D eigenvalue weighted by molar-refractivity contribution is 7.99. The van der Waals surface area contributed by atoms with Gasteiger partial charge in [-0.25, -0.2) is 0 Å². The number of hydrogen-bond donors (Lipinski definition) is 0. The highest BCUT2D eigenvalue weighted by Crippen LogP contribution is 2.19. The first-order valence-electron chi connectivity index (χ1n) is 11.2. The van der Waals surface area contributed by atoms with E-state index in [4.69, 9.17) is 14.2 Å². The highest BCUT2D eigenvalue weighted by Gasteiger charge is 1.99. The fourth-order valence-corrected chi connectivity index (χ4v) is 3.42. The highest BCUT2D eigenvalue weighted by atomic mass is 32.2. The third kappa shape index (κ3) is 15.7. The molecule has 0 aromatic heterocycles. The minimum absolute atomic E-state index is 0.673. The van der Waals surface area contributed by atoms with Crippen molar-refractivity contribution in [2.45, 2.75) is 64.7 Å². The van der Waals surface area contributed by atoms with Crippen LogP contribution >= 0.6 is 11.8 Å². The van der Waals surface area contributed by atoms with Crippen molar-refractivity contribution in [3.63, 3.8) is 0 Å². The molecule has 0 saturated heterocycles. The Balaban J connectivity index is 1.86. The van der Waals surface area contributed by atoms with Crippen molar-refractivity contribution in [2.24, 2.45) is 5.92 Å². The van der Waals surface area contributed by atoms with Crippen molar-refractivity contribution in [1.82, 2.24) is 0 Å². The number of benzene rings is 1. The topological polar surface area (TPSA) is 27.7 Å². The minimum atomic E-state index is 0.673. The third-order valence-corrected chi connectivity index (χ3v) is 5.68. The fourth-order valence-electron chi connectivity index (χ4n) is 2.65. The Bertz CT molecular complexity index is 525. The summed E-state index contributed by atoms with van der Waals surface area (Å²) in [5, 5.41) is 0. The zero-order chi connectivity index (χ0) is 21.2. The molecule has 0 unspecified atom stereocenters. The summed E-state index contributed by atoms with van der Waals surface area (Å²) in [6.45, 7) is 13.2. The van der Waals surface area contributed by atoms with Crippen LogP contribution in [0.1, 0.15) is 58.9 Å². The predicted octanol–water partition coefficient (Wildman–Crippen LogP) is 6.55. The summed E-state index contributed by atoms with van der Waals surface area (Å²) in [6, 6.07) is 9.02. The Labute approximate surface area is 183 Å². The summed E-state index contributed by atoms with van der Waals surface area (Å²) < 4.78 is 16.9. The van der Waals surface area contributed by atoms with Crippen LogP contribution in [0.25, 0.3) is 0 Å². The third-order valence-electron chi connectivity index (χ3n) is 4.70. The van der Waals surface area contributed by atoms with E-state index < -0.39 is 0 Å². The van der Waals surface area contributed by atoms with E-state index in [0.29, 0.717) is 19.8 Å². The smallest absolute Gasteiger partial charge is 0.0704 e. The first-order chi connectivity index (χ1) is 14.1. The van der Waals surface area contributed by atoms with Gasteiger partial charge in [0.05, 0.1) is 26.4 Å². The Hall–Kier alpha value is -0.810. The Morgan fingerprint density at radius 3 is 2.21 bits per heavy atom. The van der Waals surface area contributed by atoms with Crippen LogP contribution in [-0.2, 0) is 20.6 Å². The largest absolute Gasteiger partial charge is 0.381 e. The van der Waals surface area contributed by atoms with Gasteiger partial charge in [-0.2, -0.15) is 0 Å². The fraction of sp³-hybridized carbons (Fsp3) is 0.680. The Morgan fingerprint density at radius 2 is 1.55 bits per heavy atom. The molecule has 0 aliphatic rings. The SMILES string of the molecule is C/C=C(\C)COCCOCCCCCOCCSc1ccc(CCC(C)C)cc1. The summed E-state index contributed by atoms with van der Waals surface area (Å²) in [5.41, 5.74) is 2.71. The number of rotatable bonds is 18. The minimum Gasteiger partial charge on any atom is -0.381 e. The molecule has 0 fully saturated rings. The molecule has 0 aliphatic carbocycles. The molecule has 0 amide bonds. The van der Waals surface area contributed by atoms with Crippen LogP contribution in [0, 0.1) is 5.92 Å².